The maximum Gasteiger partial charge on any atom is 0.338 e. The Kier molecular flexibility index (Phi) is 3.70. The molecule has 5 nitrogen and oxygen atoms in total. The molecule has 0 atom stereocenters. The molecule has 0 fully saturated rings. The van der Waals surface area contributed by atoms with Crippen LogP contribution in [0.1, 0.15) is 43.6 Å². The van der Waals surface area contributed by atoms with Crippen molar-refractivity contribution in [3.63, 3.8) is 0 Å². The van der Waals surface area contributed by atoms with E-state index in [9.17, 15) is 14.4 Å². The van der Waals surface area contributed by atoms with E-state index in [4.69, 9.17) is 4.74 Å². The van der Waals surface area contributed by atoms with Crippen molar-refractivity contribution in [3.05, 3.63) is 64.7 Å². The lowest BCUT2D eigenvalue weighted by Gasteiger charge is -2.13. The summed E-state index contributed by atoms with van der Waals surface area (Å²) >= 11 is 0. The van der Waals surface area contributed by atoms with Crippen molar-refractivity contribution >= 4 is 23.5 Å². The predicted octanol–water partition coefficient (Wildman–Crippen LogP) is 2.97. The monoisotopic (exact) mass is 309 g/mol. The number of rotatable bonds is 3. The van der Waals surface area contributed by atoms with E-state index in [1.165, 1.54) is 6.07 Å². The van der Waals surface area contributed by atoms with E-state index in [1.807, 2.05) is 0 Å². The van der Waals surface area contributed by atoms with Crippen LogP contribution in [0.3, 0.4) is 0 Å². The third-order valence-electron chi connectivity index (χ3n) is 3.76. The van der Waals surface area contributed by atoms with Crippen molar-refractivity contribution in [1.29, 1.82) is 0 Å². The van der Waals surface area contributed by atoms with E-state index >= 15 is 0 Å². The lowest BCUT2D eigenvalue weighted by molar-refractivity contribution is 0.0523. The normalized spacial score (nSPS) is 13.2. The maximum absolute atomic E-state index is 12.8. The van der Waals surface area contributed by atoms with E-state index < -0.39 is 17.8 Å². The van der Waals surface area contributed by atoms with Crippen LogP contribution in [0.4, 0.5) is 5.69 Å². The smallest absolute Gasteiger partial charge is 0.338 e. The molecular formula is C18H15NO4. The summed E-state index contributed by atoms with van der Waals surface area (Å²) in [5.74, 6) is -1.51. The van der Waals surface area contributed by atoms with E-state index in [2.05, 4.69) is 0 Å². The Morgan fingerprint density at radius 2 is 1.65 bits per heavy atom. The van der Waals surface area contributed by atoms with Crippen LogP contribution in [0.15, 0.2) is 42.5 Å². The molecule has 116 valence electrons. The summed E-state index contributed by atoms with van der Waals surface area (Å²) in [7, 11) is 0. The Hall–Kier alpha value is -2.95. The highest BCUT2D eigenvalue weighted by Gasteiger charge is 2.41. The Labute approximate surface area is 133 Å². The Morgan fingerprint density at radius 1 is 1.00 bits per heavy atom. The van der Waals surface area contributed by atoms with Gasteiger partial charge in [0.15, 0.2) is 0 Å². The summed E-state index contributed by atoms with van der Waals surface area (Å²) in [5, 5.41) is 0. The molecule has 0 N–H and O–H groups in total. The Morgan fingerprint density at radius 3 is 2.30 bits per heavy atom. The van der Waals surface area contributed by atoms with Gasteiger partial charge in [-0.15, -0.1) is 0 Å². The van der Waals surface area contributed by atoms with Gasteiger partial charge >= 0.3 is 5.97 Å². The van der Waals surface area contributed by atoms with Gasteiger partial charge < -0.3 is 4.74 Å². The lowest BCUT2D eigenvalue weighted by Crippen LogP contribution is -2.29. The number of carbonyl (C=O) groups excluding carboxylic acids is 3. The number of hydrogen-bond acceptors (Lipinski definition) is 4. The highest BCUT2D eigenvalue weighted by Crippen LogP contribution is 2.32. The molecule has 0 radical (unpaired) electrons. The molecule has 23 heavy (non-hydrogen) atoms. The first kappa shape index (κ1) is 15.0. The topological polar surface area (TPSA) is 63.7 Å². The van der Waals surface area contributed by atoms with Crippen molar-refractivity contribution in [1.82, 2.24) is 0 Å². The molecular weight excluding hydrogens is 294 g/mol. The van der Waals surface area contributed by atoms with Gasteiger partial charge in [0.05, 0.1) is 29.0 Å². The molecule has 0 spiro atoms. The Bertz CT molecular complexity index is 811. The van der Waals surface area contributed by atoms with Gasteiger partial charge in [0.25, 0.3) is 11.8 Å². The predicted molar refractivity (Wildman–Crippen MR) is 84.7 cm³/mol. The van der Waals surface area contributed by atoms with Gasteiger partial charge in [0.2, 0.25) is 0 Å². The number of carbonyl (C=O) groups is 3. The van der Waals surface area contributed by atoms with Gasteiger partial charge in [-0.2, -0.15) is 0 Å². The number of fused-ring (bicyclic) bond motifs is 1. The van der Waals surface area contributed by atoms with Gasteiger partial charge in [-0.1, -0.05) is 24.3 Å². The molecule has 2 aromatic carbocycles. The fourth-order valence-electron chi connectivity index (χ4n) is 2.71. The van der Waals surface area contributed by atoms with Crippen molar-refractivity contribution < 1.29 is 19.1 Å². The molecule has 2 amide bonds. The second kappa shape index (κ2) is 5.68. The van der Waals surface area contributed by atoms with E-state index in [-0.39, 0.29) is 23.3 Å². The van der Waals surface area contributed by atoms with Crippen molar-refractivity contribution in [3.8, 4) is 0 Å². The number of imide groups is 1. The number of para-hydroxylation sites is 1. The molecule has 1 aliphatic rings. The van der Waals surface area contributed by atoms with Gasteiger partial charge in [0, 0.05) is 0 Å². The van der Waals surface area contributed by atoms with Crippen molar-refractivity contribution in [2.75, 3.05) is 11.5 Å². The van der Waals surface area contributed by atoms with Gasteiger partial charge in [-0.25, -0.2) is 9.69 Å². The number of aryl methyl sites for hydroxylation is 1. The molecule has 0 aliphatic carbocycles. The Balaban J connectivity index is 2.16. The van der Waals surface area contributed by atoms with Crippen LogP contribution in [0.25, 0.3) is 0 Å². The summed E-state index contributed by atoms with van der Waals surface area (Å²) < 4.78 is 5.00. The molecule has 0 saturated heterocycles. The highest BCUT2D eigenvalue weighted by molar-refractivity contribution is 6.36. The van der Waals surface area contributed by atoms with Crippen molar-refractivity contribution in [2.24, 2.45) is 0 Å². The highest BCUT2D eigenvalue weighted by atomic mass is 16.5. The summed E-state index contributed by atoms with van der Waals surface area (Å²) in [4.78, 5) is 38.7. The zero-order valence-corrected chi connectivity index (χ0v) is 12.8. The number of anilines is 1. The zero-order chi connectivity index (χ0) is 16.6. The van der Waals surface area contributed by atoms with E-state index in [1.54, 1.807) is 50.2 Å². The first-order chi connectivity index (χ1) is 11.1. The van der Waals surface area contributed by atoms with Crippen molar-refractivity contribution in [2.45, 2.75) is 13.8 Å². The number of esters is 1. The molecule has 0 saturated carbocycles. The minimum atomic E-state index is -0.597. The van der Waals surface area contributed by atoms with Gasteiger partial charge in [-0.05, 0) is 37.6 Å². The van der Waals surface area contributed by atoms with Crippen LogP contribution >= 0.6 is 0 Å². The quantitative estimate of drug-likeness (QED) is 0.646. The van der Waals surface area contributed by atoms with Crippen LogP contribution in [-0.4, -0.2) is 24.4 Å². The summed E-state index contributed by atoms with van der Waals surface area (Å²) in [6.07, 6.45) is 0. The average Bonchev–Trinajstić information content (AvgIpc) is 2.81. The molecule has 1 aliphatic heterocycles. The second-order valence-electron chi connectivity index (χ2n) is 5.18. The standard InChI is InChI=1S/C18H15NO4/c1-3-23-18(22)13-10-9-11(2)14-15(13)17(21)19(16(14)20)12-7-5-4-6-8-12/h4-10H,3H2,1-2H3. The molecule has 1 heterocycles. The largest absolute Gasteiger partial charge is 0.462 e. The minimum absolute atomic E-state index is 0.123. The summed E-state index contributed by atoms with van der Waals surface area (Å²) in [6.45, 7) is 3.63. The van der Waals surface area contributed by atoms with Crippen LogP contribution in [-0.2, 0) is 4.74 Å². The molecule has 0 bridgehead atoms. The number of nitrogens with zero attached hydrogens (tertiary/aromatic N) is 1. The van der Waals surface area contributed by atoms with Crippen LogP contribution in [0, 0.1) is 6.92 Å². The average molecular weight is 309 g/mol. The summed E-state index contributed by atoms with van der Waals surface area (Å²) in [5.41, 5.74) is 1.66. The number of hydrogen-bond donors (Lipinski definition) is 0. The third kappa shape index (κ3) is 2.30. The van der Waals surface area contributed by atoms with Gasteiger partial charge in [-0.3, -0.25) is 9.59 Å². The van der Waals surface area contributed by atoms with Crippen LogP contribution in [0.2, 0.25) is 0 Å². The summed E-state index contributed by atoms with van der Waals surface area (Å²) in [6, 6.07) is 11.9. The first-order valence-electron chi connectivity index (χ1n) is 7.30. The van der Waals surface area contributed by atoms with Crippen LogP contribution < -0.4 is 4.90 Å². The van der Waals surface area contributed by atoms with Gasteiger partial charge in [0.1, 0.15) is 0 Å². The fraction of sp³-hybridized carbons (Fsp3) is 0.167. The fourth-order valence-corrected chi connectivity index (χ4v) is 2.71. The number of benzene rings is 2. The SMILES string of the molecule is CCOC(=O)c1ccc(C)c2c1C(=O)N(c1ccccc1)C2=O. The zero-order valence-electron chi connectivity index (χ0n) is 12.8. The van der Waals surface area contributed by atoms with Crippen LogP contribution in [0.5, 0.6) is 0 Å². The lowest BCUT2D eigenvalue weighted by atomic mass is 9.98. The molecule has 0 unspecified atom stereocenters. The maximum atomic E-state index is 12.8. The van der Waals surface area contributed by atoms with E-state index in [0.717, 1.165) is 4.90 Å². The molecule has 2 aromatic rings. The third-order valence-corrected chi connectivity index (χ3v) is 3.76. The second-order valence-corrected chi connectivity index (χ2v) is 5.18. The molecule has 5 heteroatoms. The number of amides is 2. The first-order valence-corrected chi connectivity index (χ1v) is 7.30. The minimum Gasteiger partial charge on any atom is -0.462 e. The molecule has 0 aromatic heterocycles. The number of ether oxygens (including phenoxy) is 1. The molecule has 3 rings (SSSR count). The van der Waals surface area contributed by atoms with E-state index in [0.29, 0.717) is 11.3 Å².